The summed E-state index contributed by atoms with van der Waals surface area (Å²) in [5.74, 6) is 1.68. The van der Waals surface area contributed by atoms with Crippen LogP contribution in [-0.2, 0) is 23.1 Å². The van der Waals surface area contributed by atoms with E-state index in [1.165, 1.54) is 37.4 Å². The Balaban J connectivity index is 1.56. The SMILES string of the molecule is Cn1c(CCC(N)=O)nnc1SCC(=O)N1CCC[C@H]2CCCC[C@@H]21. The summed E-state index contributed by atoms with van der Waals surface area (Å²) in [7, 11) is 1.86. The van der Waals surface area contributed by atoms with E-state index >= 15 is 0 Å². The number of nitrogens with zero attached hydrogens (tertiary/aromatic N) is 4. The first-order chi connectivity index (χ1) is 12.1. The van der Waals surface area contributed by atoms with Crippen molar-refractivity contribution in [3.8, 4) is 0 Å². The molecular weight excluding hydrogens is 338 g/mol. The molecule has 0 aromatic carbocycles. The van der Waals surface area contributed by atoms with Crippen molar-refractivity contribution in [2.45, 2.75) is 62.6 Å². The molecule has 2 fully saturated rings. The van der Waals surface area contributed by atoms with Crippen molar-refractivity contribution >= 4 is 23.6 Å². The largest absolute Gasteiger partial charge is 0.370 e. The Labute approximate surface area is 152 Å². The van der Waals surface area contributed by atoms with Gasteiger partial charge in [-0.15, -0.1) is 10.2 Å². The highest BCUT2D eigenvalue weighted by molar-refractivity contribution is 7.99. The number of hydrogen-bond donors (Lipinski definition) is 1. The molecule has 25 heavy (non-hydrogen) atoms. The van der Waals surface area contributed by atoms with E-state index in [-0.39, 0.29) is 18.2 Å². The Kier molecular flexibility index (Phi) is 5.98. The molecule has 1 aromatic heterocycles. The number of carbonyl (C=O) groups excluding carboxylic acids is 2. The number of aryl methyl sites for hydroxylation is 1. The lowest BCUT2D eigenvalue weighted by Gasteiger charge is -2.44. The molecule has 1 aliphatic heterocycles. The third-order valence-corrected chi connectivity index (χ3v) is 6.41. The second-order valence-electron chi connectivity index (χ2n) is 7.05. The number of piperidine rings is 1. The summed E-state index contributed by atoms with van der Waals surface area (Å²) in [6.07, 6.45) is 8.11. The van der Waals surface area contributed by atoms with E-state index in [1.54, 1.807) is 0 Å². The zero-order chi connectivity index (χ0) is 17.8. The molecular formula is C17H27N5O2S. The fourth-order valence-electron chi connectivity index (χ4n) is 4.07. The van der Waals surface area contributed by atoms with Crippen LogP contribution < -0.4 is 5.73 Å². The van der Waals surface area contributed by atoms with Crippen molar-refractivity contribution in [2.75, 3.05) is 12.3 Å². The minimum absolute atomic E-state index is 0.211. The molecule has 0 unspecified atom stereocenters. The highest BCUT2D eigenvalue weighted by Gasteiger charge is 2.35. The predicted molar refractivity (Wildman–Crippen MR) is 95.9 cm³/mol. The number of carbonyl (C=O) groups is 2. The van der Waals surface area contributed by atoms with Crippen molar-refractivity contribution in [1.29, 1.82) is 0 Å². The van der Waals surface area contributed by atoms with E-state index in [2.05, 4.69) is 15.1 Å². The number of rotatable bonds is 6. The molecule has 2 N–H and O–H groups in total. The molecule has 1 aliphatic carbocycles. The summed E-state index contributed by atoms with van der Waals surface area (Å²) in [6.45, 7) is 0.892. The topological polar surface area (TPSA) is 94.1 Å². The summed E-state index contributed by atoms with van der Waals surface area (Å²) in [6, 6.07) is 0.446. The highest BCUT2D eigenvalue weighted by atomic mass is 32.2. The Morgan fingerprint density at radius 2 is 1.96 bits per heavy atom. The summed E-state index contributed by atoms with van der Waals surface area (Å²) >= 11 is 1.43. The van der Waals surface area contributed by atoms with Gasteiger partial charge in [0.2, 0.25) is 11.8 Å². The maximum Gasteiger partial charge on any atom is 0.233 e. The fourth-order valence-corrected chi connectivity index (χ4v) is 4.88. The Bertz CT molecular complexity index is 631. The molecule has 3 rings (SSSR count). The van der Waals surface area contributed by atoms with E-state index < -0.39 is 0 Å². The van der Waals surface area contributed by atoms with E-state index in [1.807, 2.05) is 11.6 Å². The molecule has 1 saturated carbocycles. The molecule has 138 valence electrons. The quantitative estimate of drug-likeness (QED) is 0.771. The number of likely N-dealkylation sites (tertiary alicyclic amines) is 1. The lowest BCUT2D eigenvalue weighted by Crippen LogP contribution is -2.50. The number of primary amides is 1. The molecule has 0 radical (unpaired) electrons. The third-order valence-electron chi connectivity index (χ3n) is 5.41. The minimum atomic E-state index is -0.348. The zero-order valence-electron chi connectivity index (χ0n) is 14.8. The van der Waals surface area contributed by atoms with Crippen LogP contribution in [0.2, 0.25) is 0 Å². The standard InChI is InChI=1S/C17H27N5O2S/c1-21-15(9-8-14(18)23)19-20-17(21)25-11-16(24)22-10-4-6-12-5-2-3-7-13(12)22/h12-13H,2-11H2,1H3,(H2,18,23)/t12-,13+/m1/s1. The smallest absolute Gasteiger partial charge is 0.233 e. The second kappa shape index (κ2) is 8.21. The number of nitrogens with two attached hydrogens (primary N) is 1. The van der Waals surface area contributed by atoms with Crippen molar-refractivity contribution < 1.29 is 9.59 Å². The van der Waals surface area contributed by atoms with E-state index in [4.69, 9.17) is 5.73 Å². The minimum Gasteiger partial charge on any atom is -0.370 e. The molecule has 1 saturated heterocycles. The normalized spacial score (nSPS) is 23.3. The molecule has 8 heteroatoms. The highest BCUT2D eigenvalue weighted by Crippen LogP contribution is 2.35. The maximum atomic E-state index is 12.7. The molecule has 7 nitrogen and oxygen atoms in total. The fraction of sp³-hybridized carbons (Fsp3) is 0.765. The van der Waals surface area contributed by atoms with Crippen LogP contribution in [0.1, 0.15) is 50.8 Å². The molecule has 2 heterocycles. The van der Waals surface area contributed by atoms with Crippen LogP contribution in [0.15, 0.2) is 5.16 Å². The van der Waals surface area contributed by atoms with Gasteiger partial charge in [-0.2, -0.15) is 0 Å². The van der Waals surface area contributed by atoms with Gasteiger partial charge in [0.1, 0.15) is 5.82 Å². The summed E-state index contributed by atoms with van der Waals surface area (Å²) < 4.78 is 1.85. The number of hydrogen-bond acceptors (Lipinski definition) is 5. The van der Waals surface area contributed by atoms with Gasteiger partial charge in [-0.25, -0.2) is 0 Å². The first kappa shape index (κ1) is 18.2. The van der Waals surface area contributed by atoms with Gasteiger partial charge in [0.05, 0.1) is 5.75 Å². The Morgan fingerprint density at radius 3 is 2.76 bits per heavy atom. The van der Waals surface area contributed by atoms with Crippen LogP contribution in [0.5, 0.6) is 0 Å². The van der Waals surface area contributed by atoms with Crippen molar-refractivity contribution in [3.05, 3.63) is 5.82 Å². The van der Waals surface area contributed by atoms with E-state index in [0.717, 1.165) is 25.2 Å². The monoisotopic (exact) mass is 365 g/mol. The lowest BCUT2D eigenvalue weighted by atomic mass is 9.78. The molecule has 1 aromatic rings. The average Bonchev–Trinajstić information content (AvgIpc) is 2.97. The van der Waals surface area contributed by atoms with E-state index in [0.29, 0.717) is 29.3 Å². The van der Waals surface area contributed by atoms with Gasteiger partial charge in [0, 0.05) is 32.5 Å². The molecule has 0 spiro atoms. The van der Waals surface area contributed by atoms with Gasteiger partial charge in [-0.1, -0.05) is 24.6 Å². The van der Waals surface area contributed by atoms with Crippen LogP contribution in [0.4, 0.5) is 0 Å². The van der Waals surface area contributed by atoms with Gasteiger partial charge >= 0.3 is 0 Å². The Hall–Kier alpha value is -1.57. The zero-order valence-corrected chi connectivity index (χ0v) is 15.6. The number of aromatic nitrogens is 3. The van der Waals surface area contributed by atoms with Gasteiger partial charge in [0.25, 0.3) is 0 Å². The number of amides is 2. The summed E-state index contributed by atoms with van der Waals surface area (Å²) in [5, 5.41) is 8.96. The first-order valence-electron chi connectivity index (χ1n) is 9.15. The molecule has 0 bridgehead atoms. The van der Waals surface area contributed by atoms with Crippen LogP contribution in [-0.4, -0.2) is 49.8 Å². The molecule has 2 amide bonds. The van der Waals surface area contributed by atoms with Gasteiger partial charge in [-0.3, -0.25) is 9.59 Å². The lowest BCUT2D eigenvalue weighted by molar-refractivity contribution is -0.134. The van der Waals surface area contributed by atoms with Crippen LogP contribution in [0, 0.1) is 5.92 Å². The summed E-state index contributed by atoms with van der Waals surface area (Å²) in [4.78, 5) is 25.8. The van der Waals surface area contributed by atoms with Crippen molar-refractivity contribution in [2.24, 2.45) is 18.7 Å². The first-order valence-corrected chi connectivity index (χ1v) is 10.1. The van der Waals surface area contributed by atoms with Gasteiger partial charge in [-0.05, 0) is 31.6 Å². The maximum absolute atomic E-state index is 12.7. The van der Waals surface area contributed by atoms with E-state index in [9.17, 15) is 9.59 Å². The molecule has 2 aliphatic rings. The molecule has 2 atom stereocenters. The Morgan fingerprint density at radius 1 is 1.20 bits per heavy atom. The van der Waals surface area contributed by atoms with Gasteiger partial charge < -0.3 is 15.2 Å². The van der Waals surface area contributed by atoms with Crippen molar-refractivity contribution in [1.82, 2.24) is 19.7 Å². The van der Waals surface area contributed by atoms with Crippen LogP contribution in [0.25, 0.3) is 0 Å². The van der Waals surface area contributed by atoms with Crippen LogP contribution in [0.3, 0.4) is 0 Å². The second-order valence-corrected chi connectivity index (χ2v) is 8.00. The number of thioether (sulfide) groups is 1. The van der Waals surface area contributed by atoms with Crippen LogP contribution >= 0.6 is 11.8 Å². The predicted octanol–water partition coefficient (Wildman–Crippen LogP) is 1.51. The number of fused-ring (bicyclic) bond motifs is 1. The average molecular weight is 366 g/mol. The van der Waals surface area contributed by atoms with Crippen molar-refractivity contribution in [3.63, 3.8) is 0 Å². The third kappa shape index (κ3) is 4.34. The summed E-state index contributed by atoms with van der Waals surface area (Å²) in [5.41, 5.74) is 5.18. The van der Waals surface area contributed by atoms with Gasteiger partial charge in [0.15, 0.2) is 5.16 Å².